The van der Waals surface area contributed by atoms with E-state index in [1.165, 1.54) is 6.33 Å². The Morgan fingerprint density at radius 2 is 2.39 bits per heavy atom. The maximum Gasteiger partial charge on any atom is 0.157 e. The van der Waals surface area contributed by atoms with Crippen molar-refractivity contribution in [2.75, 3.05) is 5.01 Å². The average molecular weight is 309 g/mol. The van der Waals surface area contributed by atoms with E-state index in [1.54, 1.807) is 17.3 Å². The van der Waals surface area contributed by atoms with Crippen LogP contribution in [0.1, 0.15) is 20.3 Å². The van der Waals surface area contributed by atoms with Crippen LogP contribution in [-0.4, -0.2) is 21.5 Å². The standard InChI is InChI=1S/C13H17BrN4/c1-5-12(8-10(2)14)11(3)18(15-4)13-6-7-16-9-17-13/h6-10H,3-5H2,1-2H3/b12-8+. The number of rotatable bonds is 6. The number of hydrogen-bond acceptors (Lipinski definition) is 4. The molecular weight excluding hydrogens is 292 g/mol. The molecule has 0 spiro atoms. The molecule has 0 fully saturated rings. The first-order valence-electron chi connectivity index (χ1n) is 5.67. The quantitative estimate of drug-likeness (QED) is 0.349. The molecule has 0 saturated heterocycles. The van der Waals surface area contributed by atoms with E-state index in [0.29, 0.717) is 5.82 Å². The Bertz CT molecular complexity index is 440. The van der Waals surface area contributed by atoms with E-state index in [-0.39, 0.29) is 4.83 Å². The van der Waals surface area contributed by atoms with Crippen molar-refractivity contribution in [1.82, 2.24) is 9.97 Å². The molecule has 0 aromatic carbocycles. The van der Waals surface area contributed by atoms with Crippen LogP contribution in [0.4, 0.5) is 5.82 Å². The van der Waals surface area contributed by atoms with Crippen LogP contribution in [-0.2, 0) is 0 Å². The number of halogens is 1. The third kappa shape index (κ3) is 3.77. The van der Waals surface area contributed by atoms with Gasteiger partial charge in [-0.25, -0.2) is 15.0 Å². The first-order chi connectivity index (χ1) is 8.60. The lowest BCUT2D eigenvalue weighted by atomic mass is 10.1. The zero-order valence-corrected chi connectivity index (χ0v) is 12.3. The monoisotopic (exact) mass is 308 g/mol. The fourth-order valence-electron chi connectivity index (χ4n) is 1.54. The molecule has 0 radical (unpaired) electrons. The fourth-order valence-corrected chi connectivity index (χ4v) is 1.86. The van der Waals surface area contributed by atoms with Crippen molar-refractivity contribution >= 4 is 28.5 Å². The molecule has 5 heteroatoms. The maximum absolute atomic E-state index is 4.15. The molecule has 1 heterocycles. The van der Waals surface area contributed by atoms with Gasteiger partial charge in [0.25, 0.3) is 0 Å². The SMILES string of the molecule is C=NN(C(=C)/C(=C/C(C)Br)CC)c1ccncn1. The van der Waals surface area contributed by atoms with Crippen molar-refractivity contribution < 1.29 is 0 Å². The predicted molar refractivity (Wildman–Crippen MR) is 80.0 cm³/mol. The zero-order valence-electron chi connectivity index (χ0n) is 10.7. The lowest BCUT2D eigenvalue weighted by Crippen LogP contribution is -2.17. The minimum atomic E-state index is 0.279. The molecule has 1 aromatic rings. The van der Waals surface area contributed by atoms with Gasteiger partial charge in [0.15, 0.2) is 5.82 Å². The van der Waals surface area contributed by atoms with Gasteiger partial charge in [0, 0.05) is 23.8 Å². The molecule has 0 aliphatic rings. The highest BCUT2D eigenvalue weighted by Crippen LogP contribution is 2.23. The van der Waals surface area contributed by atoms with Crippen molar-refractivity contribution in [3.8, 4) is 0 Å². The number of hydrazone groups is 1. The van der Waals surface area contributed by atoms with Crippen LogP contribution in [0, 0.1) is 0 Å². The van der Waals surface area contributed by atoms with Crippen LogP contribution < -0.4 is 5.01 Å². The van der Waals surface area contributed by atoms with E-state index in [0.717, 1.165) is 17.7 Å². The van der Waals surface area contributed by atoms with Gasteiger partial charge >= 0.3 is 0 Å². The second-order valence-corrected chi connectivity index (χ2v) is 5.13. The van der Waals surface area contributed by atoms with Gasteiger partial charge in [-0.05, 0) is 18.9 Å². The number of aromatic nitrogens is 2. The van der Waals surface area contributed by atoms with Gasteiger partial charge < -0.3 is 0 Å². The molecule has 0 aliphatic carbocycles. The van der Waals surface area contributed by atoms with Gasteiger partial charge in [0.1, 0.15) is 6.33 Å². The topological polar surface area (TPSA) is 41.4 Å². The summed E-state index contributed by atoms with van der Waals surface area (Å²) in [5.74, 6) is 0.659. The highest BCUT2D eigenvalue weighted by Gasteiger charge is 2.13. The highest BCUT2D eigenvalue weighted by atomic mass is 79.9. The van der Waals surface area contributed by atoms with Gasteiger partial charge in [-0.1, -0.05) is 35.5 Å². The second-order valence-electron chi connectivity index (χ2n) is 3.69. The third-order valence-electron chi connectivity index (χ3n) is 2.36. The Kier molecular flexibility index (Phi) is 5.71. The zero-order chi connectivity index (χ0) is 13.5. The molecule has 1 rings (SSSR count). The largest absolute Gasteiger partial charge is 0.245 e. The minimum Gasteiger partial charge on any atom is -0.245 e. The molecule has 0 bridgehead atoms. The number of anilines is 1. The Morgan fingerprint density at radius 1 is 1.67 bits per heavy atom. The van der Waals surface area contributed by atoms with Gasteiger partial charge in [0.2, 0.25) is 0 Å². The molecular formula is C13H17BrN4. The van der Waals surface area contributed by atoms with E-state index < -0.39 is 0 Å². The van der Waals surface area contributed by atoms with Crippen LogP contribution in [0.25, 0.3) is 0 Å². The molecule has 1 atom stereocenters. The summed E-state index contributed by atoms with van der Waals surface area (Å²) >= 11 is 3.50. The van der Waals surface area contributed by atoms with Crippen molar-refractivity contribution in [3.63, 3.8) is 0 Å². The number of hydrogen-bond donors (Lipinski definition) is 0. The van der Waals surface area contributed by atoms with E-state index in [4.69, 9.17) is 0 Å². The molecule has 1 unspecified atom stereocenters. The number of nitrogens with zero attached hydrogens (tertiary/aromatic N) is 4. The highest BCUT2D eigenvalue weighted by molar-refractivity contribution is 9.09. The van der Waals surface area contributed by atoms with Crippen molar-refractivity contribution in [2.24, 2.45) is 5.10 Å². The summed E-state index contributed by atoms with van der Waals surface area (Å²) < 4.78 is 0. The van der Waals surface area contributed by atoms with E-state index >= 15 is 0 Å². The third-order valence-corrected chi connectivity index (χ3v) is 2.63. The Morgan fingerprint density at radius 3 is 2.83 bits per heavy atom. The van der Waals surface area contributed by atoms with E-state index in [2.05, 4.69) is 64.2 Å². The molecule has 0 aliphatic heterocycles. The number of allylic oxidation sites excluding steroid dienone is 2. The van der Waals surface area contributed by atoms with Crippen LogP contribution in [0.3, 0.4) is 0 Å². The normalized spacial score (nSPS) is 12.9. The summed E-state index contributed by atoms with van der Waals surface area (Å²) in [5.41, 5.74) is 1.88. The van der Waals surface area contributed by atoms with Crippen molar-refractivity contribution in [1.29, 1.82) is 0 Å². The van der Waals surface area contributed by atoms with Crippen molar-refractivity contribution in [2.45, 2.75) is 25.1 Å². The summed E-state index contributed by atoms with van der Waals surface area (Å²) in [4.78, 5) is 8.31. The molecule has 0 saturated carbocycles. The maximum atomic E-state index is 4.15. The van der Waals surface area contributed by atoms with E-state index in [1.807, 2.05) is 0 Å². The van der Waals surface area contributed by atoms with Crippen LogP contribution in [0.5, 0.6) is 0 Å². The van der Waals surface area contributed by atoms with Gasteiger partial charge in [-0.15, -0.1) is 0 Å². The predicted octanol–water partition coefficient (Wildman–Crippen LogP) is 3.53. The Labute approximate surface area is 116 Å². The number of alkyl halides is 1. The summed E-state index contributed by atoms with van der Waals surface area (Å²) in [5, 5.41) is 5.59. The minimum absolute atomic E-state index is 0.279. The van der Waals surface area contributed by atoms with Gasteiger partial charge in [-0.2, -0.15) is 5.10 Å². The summed E-state index contributed by atoms with van der Waals surface area (Å²) in [6.45, 7) is 11.8. The molecule has 0 N–H and O–H groups in total. The molecule has 1 aromatic heterocycles. The van der Waals surface area contributed by atoms with Crippen LogP contribution in [0.2, 0.25) is 0 Å². The lowest BCUT2D eigenvalue weighted by Gasteiger charge is -2.21. The second kappa shape index (κ2) is 7.06. The first kappa shape index (κ1) is 14.6. The molecule has 0 amide bonds. The summed E-state index contributed by atoms with van der Waals surface area (Å²) in [7, 11) is 0. The van der Waals surface area contributed by atoms with Gasteiger partial charge in [0.05, 0.1) is 5.70 Å². The van der Waals surface area contributed by atoms with Gasteiger partial charge in [-0.3, -0.25) is 0 Å². The van der Waals surface area contributed by atoms with Crippen molar-refractivity contribution in [3.05, 3.63) is 42.5 Å². The smallest absolute Gasteiger partial charge is 0.157 e. The average Bonchev–Trinajstić information content (AvgIpc) is 2.37. The Balaban J connectivity index is 3.03. The summed E-state index contributed by atoms with van der Waals surface area (Å²) in [6.07, 6.45) is 6.10. The molecule has 18 heavy (non-hydrogen) atoms. The molecule has 96 valence electrons. The van der Waals surface area contributed by atoms with E-state index in [9.17, 15) is 0 Å². The van der Waals surface area contributed by atoms with Crippen LogP contribution >= 0.6 is 15.9 Å². The Hall–Kier alpha value is -1.49. The fraction of sp³-hybridized carbons (Fsp3) is 0.308. The molecule has 4 nitrogen and oxygen atoms in total. The first-order valence-corrected chi connectivity index (χ1v) is 6.58. The lowest BCUT2D eigenvalue weighted by molar-refractivity contribution is 0.936. The summed E-state index contributed by atoms with van der Waals surface area (Å²) in [6, 6.07) is 1.77. The van der Waals surface area contributed by atoms with Crippen LogP contribution in [0.15, 0.2) is 47.6 Å².